The first-order valence-corrected chi connectivity index (χ1v) is 2.83. The fraction of sp³-hybridized carbons (Fsp3) is 1.00. The number of rotatable bonds is 2. The van der Waals surface area contributed by atoms with Crippen LogP contribution < -0.4 is 5.48 Å². The lowest BCUT2D eigenvalue weighted by Crippen LogP contribution is -2.26. The Hall–Kier alpha value is -0.120. The molecule has 0 unspecified atom stereocenters. The van der Waals surface area contributed by atoms with Gasteiger partial charge in [0, 0.05) is 6.61 Å². The van der Waals surface area contributed by atoms with Crippen molar-refractivity contribution in [3.8, 4) is 0 Å². The third-order valence-electron chi connectivity index (χ3n) is 1.18. The summed E-state index contributed by atoms with van der Waals surface area (Å²) in [4.78, 5) is 4.65. The van der Waals surface area contributed by atoms with Crippen LogP contribution in [0.3, 0.4) is 0 Å². The van der Waals surface area contributed by atoms with Gasteiger partial charge in [0.15, 0.2) is 0 Å². The Bertz CT molecular complexity index is 61.4. The lowest BCUT2D eigenvalue weighted by molar-refractivity contribution is -0.0437. The maximum Gasteiger partial charge on any atom is 0.130 e. The second-order valence-electron chi connectivity index (χ2n) is 1.82. The van der Waals surface area contributed by atoms with Crippen molar-refractivity contribution >= 4 is 0 Å². The number of nitrogens with one attached hydrogen (secondary N) is 1. The minimum Gasteiger partial charge on any atom is -0.361 e. The van der Waals surface area contributed by atoms with Crippen LogP contribution in [0, 0.1) is 0 Å². The summed E-state index contributed by atoms with van der Waals surface area (Å²) in [5.41, 5.74) is 2.72. The molecule has 48 valence electrons. The molecule has 1 rings (SSSR count). The van der Waals surface area contributed by atoms with Gasteiger partial charge in [-0.3, -0.25) is 0 Å². The molecule has 0 amide bonds. The van der Waals surface area contributed by atoms with E-state index >= 15 is 0 Å². The zero-order chi connectivity index (χ0) is 5.82. The number of ether oxygens (including phenoxy) is 1. The average molecular weight is 117 g/mol. The first-order valence-electron chi connectivity index (χ1n) is 2.83. The van der Waals surface area contributed by atoms with Crippen molar-refractivity contribution in [2.24, 2.45) is 0 Å². The van der Waals surface area contributed by atoms with E-state index in [2.05, 4.69) is 10.3 Å². The first kappa shape index (κ1) is 6.01. The molecule has 3 heteroatoms. The lowest BCUT2D eigenvalue weighted by Gasteiger charge is -2.07. The van der Waals surface area contributed by atoms with E-state index in [0.717, 1.165) is 19.4 Å². The Kier molecular flexibility index (Phi) is 2.27. The van der Waals surface area contributed by atoms with Gasteiger partial charge in [-0.25, -0.2) is 0 Å². The average Bonchev–Trinajstić information content (AvgIpc) is 2.19. The van der Waals surface area contributed by atoms with Gasteiger partial charge in [-0.05, 0) is 12.8 Å². The highest BCUT2D eigenvalue weighted by Crippen LogP contribution is 2.07. The van der Waals surface area contributed by atoms with E-state index in [-0.39, 0.29) is 6.23 Å². The highest BCUT2D eigenvalue weighted by molar-refractivity contribution is 4.56. The Balaban J connectivity index is 2.06. The summed E-state index contributed by atoms with van der Waals surface area (Å²) in [6.07, 6.45) is 2.34. The van der Waals surface area contributed by atoms with E-state index in [1.54, 1.807) is 7.11 Å². The van der Waals surface area contributed by atoms with Crippen LogP contribution >= 0.6 is 0 Å². The molecule has 0 aromatic carbocycles. The molecule has 1 heterocycles. The normalized spacial score (nSPS) is 28.9. The summed E-state index contributed by atoms with van der Waals surface area (Å²) < 4.78 is 5.16. The topological polar surface area (TPSA) is 30.5 Å². The minimum atomic E-state index is 0.139. The predicted molar refractivity (Wildman–Crippen MR) is 29.1 cm³/mol. The summed E-state index contributed by atoms with van der Waals surface area (Å²) in [7, 11) is 1.60. The molecule has 1 atom stereocenters. The summed E-state index contributed by atoms with van der Waals surface area (Å²) >= 11 is 0. The quantitative estimate of drug-likeness (QED) is 0.527. The van der Waals surface area contributed by atoms with E-state index in [0.29, 0.717) is 0 Å². The molecule has 8 heavy (non-hydrogen) atoms. The van der Waals surface area contributed by atoms with Crippen molar-refractivity contribution in [2.75, 3.05) is 13.7 Å². The zero-order valence-corrected chi connectivity index (χ0v) is 5.02. The molecule has 3 nitrogen and oxygen atoms in total. The van der Waals surface area contributed by atoms with E-state index in [1.165, 1.54) is 0 Å². The second-order valence-corrected chi connectivity index (χ2v) is 1.82. The highest BCUT2D eigenvalue weighted by Gasteiger charge is 2.13. The van der Waals surface area contributed by atoms with Gasteiger partial charge >= 0.3 is 0 Å². The van der Waals surface area contributed by atoms with Gasteiger partial charge < -0.3 is 9.57 Å². The van der Waals surface area contributed by atoms with Gasteiger partial charge in [0.25, 0.3) is 0 Å². The summed E-state index contributed by atoms with van der Waals surface area (Å²) in [6, 6.07) is 0. The Morgan fingerprint density at radius 3 is 3.12 bits per heavy atom. The van der Waals surface area contributed by atoms with E-state index in [4.69, 9.17) is 4.74 Å². The maximum absolute atomic E-state index is 5.16. The Morgan fingerprint density at radius 1 is 1.75 bits per heavy atom. The van der Waals surface area contributed by atoms with Crippen LogP contribution in [0.15, 0.2) is 0 Å². The van der Waals surface area contributed by atoms with Gasteiger partial charge in [0.1, 0.15) is 6.23 Å². The molecule has 1 saturated heterocycles. The standard InChI is InChI=1S/C5H11NO2/c1-7-6-5-3-2-4-8-5/h5-6H,2-4H2,1H3/t5-/m0/s1. The zero-order valence-electron chi connectivity index (χ0n) is 5.02. The fourth-order valence-electron chi connectivity index (χ4n) is 0.802. The Labute approximate surface area is 48.9 Å². The first-order chi connectivity index (χ1) is 3.93. The van der Waals surface area contributed by atoms with Gasteiger partial charge in [0.2, 0.25) is 0 Å². The molecule has 1 fully saturated rings. The largest absolute Gasteiger partial charge is 0.361 e. The molecule has 0 aliphatic carbocycles. The molecule has 1 aliphatic rings. The van der Waals surface area contributed by atoms with Crippen LogP contribution in [-0.2, 0) is 9.57 Å². The van der Waals surface area contributed by atoms with Crippen molar-refractivity contribution in [1.29, 1.82) is 0 Å². The molecule has 0 saturated carbocycles. The maximum atomic E-state index is 5.16. The molecule has 0 aromatic heterocycles. The van der Waals surface area contributed by atoms with Crippen LogP contribution in [0.5, 0.6) is 0 Å². The van der Waals surface area contributed by atoms with Gasteiger partial charge in [-0.15, -0.1) is 0 Å². The summed E-state index contributed by atoms with van der Waals surface area (Å²) in [6.45, 7) is 0.862. The fourth-order valence-corrected chi connectivity index (χ4v) is 0.802. The summed E-state index contributed by atoms with van der Waals surface area (Å²) in [5, 5.41) is 0. The molecule has 1 N–H and O–H groups in total. The van der Waals surface area contributed by atoms with Gasteiger partial charge in [-0.2, -0.15) is 5.48 Å². The molecular weight excluding hydrogens is 106 g/mol. The van der Waals surface area contributed by atoms with E-state index in [9.17, 15) is 0 Å². The molecule has 0 aromatic rings. The monoisotopic (exact) mass is 117 g/mol. The van der Waals surface area contributed by atoms with Crippen LogP contribution in [0.2, 0.25) is 0 Å². The van der Waals surface area contributed by atoms with Crippen molar-refractivity contribution in [3.05, 3.63) is 0 Å². The van der Waals surface area contributed by atoms with Gasteiger partial charge in [0.05, 0.1) is 7.11 Å². The molecule has 0 radical (unpaired) electrons. The van der Waals surface area contributed by atoms with Gasteiger partial charge in [-0.1, -0.05) is 0 Å². The van der Waals surface area contributed by atoms with E-state index in [1.807, 2.05) is 0 Å². The van der Waals surface area contributed by atoms with Crippen LogP contribution in [0.1, 0.15) is 12.8 Å². The lowest BCUT2D eigenvalue weighted by atomic mass is 10.3. The third-order valence-corrected chi connectivity index (χ3v) is 1.18. The molecular formula is C5H11NO2. The SMILES string of the molecule is CON[C@@H]1CCCO1. The number of hydrogen-bond donors (Lipinski definition) is 1. The molecule has 0 bridgehead atoms. The number of hydrogen-bond acceptors (Lipinski definition) is 3. The van der Waals surface area contributed by atoms with Crippen LogP contribution in [0.4, 0.5) is 0 Å². The van der Waals surface area contributed by atoms with E-state index < -0.39 is 0 Å². The minimum absolute atomic E-state index is 0.139. The van der Waals surface area contributed by atoms with Crippen molar-refractivity contribution in [1.82, 2.24) is 5.48 Å². The number of hydroxylamine groups is 1. The smallest absolute Gasteiger partial charge is 0.130 e. The van der Waals surface area contributed by atoms with Crippen molar-refractivity contribution < 1.29 is 9.57 Å². The third kappa shape index (κ3) is 1.43. The van der Waals surface area contributed by atoms with Crippen LogP contribution in [0.25, 0.3) is 0 Å². The highest BCUT2D eigenvalue weighted by atomic mass is 16.7. The predicted octanol–water partition coefficient (Wildman–Crippen LogP) is 0.274. The van der Waals surface area contributed by atoms with Crippen molar-refractivity contribution in [2.45, 2.75) is 19.1 Å². The molecule has 0 spiro atoms. The molecule has 1 aliphatic heterocycles. The van der Waals surface area contributed by atoms with Crippen LogP contribution in [-0.4, -0.2) is 19.9 Å². The summed E-state index contributed by atoms with van der Waals surface area (Å²) in [5.74, 6) is 0. The second kappa shape index (κ2) is 3.02. The Morgan fingerprint density at radius 2 is 2.62 bits per heavy atom. The van der Waals surface area contributed by atoms with Crippen molar-refractivity contribution in [3.63, 3.8) is 0 Å².